The highest BCUT2D eigenvalue weighted by Crippen LogP contribution is 2.39. The first kappa shape index (κ1) is 26.8. The molecule has 13 nitrogen and oxygen atoms in total. The van der Waals surface area contributed by atoms with Gasteiger partial charge in [-0.1, -0.05) is 0 Å². The van der Waals surface area contributed by atoms with Gasteiger partial charge in [-0.2, -0.15) is 0 Å². The molecule has 196 valence electrons. The first-order chi connectivity index (χ1) is 16.8. The average molecular weight is 508 g/mol. The maximum Gasteiger partial charge on any atom is 0.405 e. The molecule has 1 fully saturated rings. The zero-order chi connectivity index (χ0) is 26.9. The molecule has 1 saturated heterocycles. The molecule has 2 amide bonds. The van der Waals surface area contributed by atoms with Crippen molar-refractivity contribution in [3.8, 4) is 11.5 Å². The lowest BCUT2D eigenvalue weighted by Crippen LogP contribution is -2.66. The Hall–Kier alpha value is -3.84. The van der Waals surface area contributed by atoms with Gasteiger partial charge in [0.15, 0.2) is 17.5 Å². The number of carbonyl (C=O) groups is 3. The summed E-state index contributed by atoms with van der Waals surface area (Å²) in [7, 11) is 1.37. The monoisotopic (exact) mass is 508 g/mol. The van der Waals surface area contributed by atoms with E-state index >= 15 is 0 Å². The minimum atomic E-state index is -1.31. The Morgan fingerprint density at radius 2 is 1.81 bits per heavy atom. The maximum absolute atomic E-state index is 12.4. The van der Waals surface area contributed by atoms with E-state index in [-0.39, 0.29) is 16.7 Å². The van der Waals surface area contributed by atoms with E-state index in [1.807, 2.05) is 0 Å². The van der Waals surface area contributed by atoms with Crippen LogP contribution in [0.5, 0.6) is 11.5 Å². The highest BCUT2D eigenvalue weighted by Gasteiger charge is 2.55. The van der Waals surface area contributed by atoms with Gasteiger partial charge in [0.1, 0.15) is 17.4 Å². The molecular formula is C23H28N2O11. The SMILES string of the molecule is CO[C@@H]1[C@@H](OC(N)=O)[C@@H](OC(C)=O)[C@H](Oc2ccc3c(O)c(NC(C)=O)c(=O)oc3c2C)OC1(C)C. The van der Waals surface area contributed by atoms with Crippen LogP contribution in [0, 0.1) is 6.92 Å². The third-order valence-corrected chi connectivity index (χ3v) is 5.59. The lowest BCUT2D eigenvalue weighted by Gasteiger charge is -2.48. The number of esters is 1. The fourth-order valence-corrected chi connectivity index (χ4v) is 4.15. The number of rotatable bonds is 6. The van der Waals surface area contributed by atoms with Crippen LogP contribution in [0.4, 0.5) is 10.5 Å². The number of hydrogen-bond donors (Lipinski definition) is 3. The van der Waals surface area contributed by atoms with E-state index in [0.29, 0.717) is 5.56 Å². The Balaban J connectivity index is 2.07. The summed E-state index contributed by atoms with van der Waals surface area (Å²) in [6.07, 6.45) is -5.78. The van der Waals surface area contributed by atoms with E-state index in [2.05, 4.69) is 5.32 Å². The molecule has 3 rings (SSSR count). The molecule has 0 spiro atoms. The molecule has 2 heterocycles. The van der Waals surface area contributed by atoms with E-state index < -0.39 is 65.2 Å². The van der Waals surface area contributed by atoms with E-state index in [9.17, 15) is 24.3 Å². The second kappa shape index (κ2) is 10.0. The largest absolute Gasteiger partial charge is 0.505 e. The third-order valence-electron chi connectivity index (χ3n) is 5.59. The molecular weight excluding hydrogens is 480 g/mol. The van der Waals surface area contributed by atoms with Gasteiger partial charge in [-0.15, -0.1) is 0 Å². The number of fused-ring (bicyclic) bond motifs is 1. The zero-order valence-corrected chi connectivity index (χ0v) is 20.6. The minimum Gasteiger partial charge on any atom is -0.505 e. The number of ether oxygens (including phenoxy) is 5. The van der Waals surface area contributed by atoms with Crippen LogP contribution in [0.2, 0.25) is 0 Å². The van der Waals surface area contributed by atoms with Gasteiger partial charge in [-0.3, -0.25) is 9.59 Å². The fraction of sp³-hybridized carbons (Fsp3) is 0.478. The van der Waals surface area contributed by atoms with Crippen molar-refractivity contribution in [2.75, 3.05) is 12.4 Å². The second-order valence-corrected chi connectivity index (χ2v) is 8.70. The number of nitrogens with two attached hydrogens (primary N) is 1. The lowest BCUT2D eigenvalue weighted by atomic mass is 9.89. The number of methoxy groups -OCH3 is 1. The topological polar surface area (TPSA) is 186 Å². The molecule has 0 unspecified atom stereocenters. The first-order valence-electron chi connectivity index (χ1n) is 10.8. The van der Waals surface area contributed by atoms with Gasteiger partial charge < -0.3 is 44.3 Å². The Bertz CT molecular complexity index is 1250. The smallest absolute Gasteiger partial charge is 0.405 e. The van der Waals surface area contributed by atoms with Crippen molar-refractivity contribution < 1.29 is 47.6 Å². The number of amides is 2. The number of aromatic hydroxyl groups is 1. The fourth-order valence-electron chi connectivity index (χ4n) is 4.15. The van der Waals surface area contributed by atoms with Gasteiger partial charge in [0.2, 0.25) is 18.3 Å². The van der Waals surface area contributed by atoms with Gasteiger partial charge in [0.05, 0.1) is 11.0 Å². The summed E-state index contributed by atoms with van der Waals surface area (Å²) in [5, 5.41) is 12.9. The van der Waals surface area contributed by atoms with Crippen molar-refractivity contribution in [1.82, 2.24) is 0 Å². The summed E-state index contributed by atoms with van der Waals surface area (Å²) in [6, 6.07) is 2.87. The zero-order valence-electron chi connectivity index (χ0n) is 20.6. The third kappa shape index (κ3) is 5.21. The molecule has 13 heteroatoms. The van der Waals surface area contributed by atoms with Crippen LogP contribution in [0.25, 0.3) is 11.0 Å². The molecule has 1 aliphatic heterocycles. The van der Waals surface area contributed by atoms with Crippen LogP contribution in [-0.4, -0.2) is 60.4 Å². The predicted molar refractivity (Wildman–Crippen MR) is 124 cm³/mol. The van der Waals surface area contributed by atoms with Crippen molar-refractivity contribution >= 4 is 34.6 Å². The number of primary amides is 1. The van der Waals surface area contributed by atoms with E-state index in [1.165, 1.54) is 26.2 Å². The number of carbonyl (C=O) groups excluding carboxylic acids is 3. The molecule has 0 bridgehead atoms. The summed E-state index contributed by atoms with van der Waals surface area (Å²) >= 11 is 0. The molecule has 36 heavy (non-hydrogen) atoms. The van der Waals surface area contributed by atoms with Gasteiger partial charge in [0, 0.05) is 26.5 Å². The molecule has 4 N–H and O–H groups in total. The number of nitrogens with one attached hydrogen (secondary N) is 1. The summed E-state index contributed by atoms with van der Waals surface area (Å²) in [4.78, 5) is 47.2. The van der Waals surface area contributed by atoms with Gasteiger partial charge in [-0.25, -0.2) is 9.59 Å². The summed E-state index contributed by atoms with van der Waals surface area (Å²) < 4.78 is 33.5. The lowest BCUT2D eigenvalue weighted by molar-refractivity contribution is -0.307. The van der Waals surface area contributed by atoms with Gasteiger partial charge in [-0.05, 0) is 32.9 Å². The van der Waals surface area contributed by atoms with Crippen LogP contribution < -0.4 is 21.4 Å². The second-order valence-electron chi connectivity index (χ2n) is 8.70. The van der Waals surface area contributed by atoms with E-state index in [1.54, 1.807) is 20.8 Å². The van der Waals surface area contributed by atoms with Crippen LogP contribution in [0.15, 0.2) is 21.3 Å². The molecule has 4 atom stereocenters. The average Bonchev–Trinajstić information content (AvgIpc) is 2.75. The van der Waals surface area contributed by atoms with E-state index in [0.717, 1.165) is 6.92 Å². The number of benzene rings is 1. The molecule has 0 radical (unpaired) electrons. The Morgan fingerprint density at radius 1 is 1.14 bits per heavy atom. The Labute approximate surface area is 205 Å². The first-order valence-corrected chi connectivity index (χ1v) is 10.8. The van der Waals surface area contributed by atoms with Crippen molar-refractivity contribution in [2.24, 2.45) is 5.73 Å². The van der Waals surface area contributed by atoms with Gasteiger partial charge >= 0.3 is 17.7 Å². The quantitative estimate of drug-likeness (QED) is 0.381. The highest BCUT2D eigenvalue weighted by atomic mass is 16.7. The summed E-state index contributed by atoms with van der Waals surface area (Å²) in [5.41, 5.74) is 3.06. The Kier molecular flexibility index (Phi) is 7.46. The molecule has 1 aromatic heterocycles. The number of aryl methyl sites for hydroxylation is 1. The minimum absolute atomic E-state index is 0.0112. The highest BCUT2D eigenvalue weighted by molar-refractivity contribution is 5.97. The van der Waals surface area contributed by atoms with Crippen molar-refractivity contribution in [1.29, 1.82) is 0 Å². The van der Waals surface area contributed by atoms with Crippen LogP contribution in [0.1, 0.15) is 33.3 Å². The van der Waals surface area contributed by atoms with Crippen LogP contribution in [0.3, 0.4) is 0 Å². The summed E-state index contributed by atoms with van der Waals surface area (Å²) in [5.74, 6) is -1.61. The normalized spacial score (nSPS) is 23.1. The number of anilines is 1. The van der Waals surface area contributed by atoms with Crippen LogP contribution in [-0.2, 0) is 28.5 Å². The van der Waals surface area contributed by atoms with Gasteiger partial charge in [0.25, 0.3) is 0 Å². The predicted octanol–water partition coefficient (Wildman–Crippen LogP) is 1.69. The molecule has 0 aliphatic carbocycles. The Morgan fingerprint density at radius 3 is 2.36 bits per heavy atom. The molecule has 2 aromatic rings. The van der Waals surface area contributed by atoms with Crippen molar-refractivity contribution in [2.45, 2.75) is 64.8 Å². The van der Waals surface area contributed by atoms with Crippen molar-refractivity contribution in [3.05, 3.63) is 28.1 Å². The van der Waals surface area contributed by atoms with Crippen molar-refractivity contribution in [3.63, 3.8) is 0 Å². The molecule has 1 aliphatic rings. The number of hydrogen-bond acceptors (Lipinski definition) is 11. The standard InChI is InChI=1S/C23H28N2O11/c1-9-13(8-7-12-15(28)14(25-10(2)26)20(29)34-16(9)12)33-21-18(32-11(3)27)17(35-22(24)30)19(31-6)23(4,5)36-21/h7-8,17-19,21,28H,1-6H3,(H2,24,30)(H,25,26)/t17-,18+,19+,21+/m0/s1. The molecule has 0 saturated carbocycles. The maximum atomic E-state index is 12.4. The van der Waals surface area contributed by atoms with Crippen LogP contribution >= 0.6 is 0 Å². The summed E-state index contributed by atoms with van der Waals surface area (Å²) in [6.45, 7) is 7.22. The molecule has 1 aromatic carbocycles. The van der Waals surface area contributed by atoms with E-state index in [4.69, 9.17) is 33.8 Å².